The molecule has 3 heterocycles. The summed E-state index contributed by atoms with van der Waals surface area (Å²) in [5, 5.41) is -3.80. The maximum atomic E-state index is 15.3. The Labute approximate surface area is 397 Å². The van der Waals surface area contributed by atoms with Crippen LogP contribution in [0, 0.1) is 11.9 Å². The Balaban J connectivity index is 1.13. The quantitative estimate of drug-likeness (QED) is 0.0830. The van der Waals surface area contributed by atoms with E-state index in [1.165, 1.54) is 68.0 Å². The van der Waals surface area contributed by atoms with Gasteiger partial charge in [0, 0.05) is 59.6 Å². The number of fused-ring (bicyclic) bond motifs is 3. The first kappa shape index (κ1) is 47.7. The van der Waals surface area contributed by atoms with Crippen LogP contribution in [-0.4, -0.2) is 93.8 Å². The van der Waals surface area contributed by atoms with Crippen LogP contribution >= 0.6 is 0 Å². The standard InChI is InChI=1S/C50H53F2N7O6S3/c1-30(2)67(62,63)58(45-22-36-11-8-33(17-41(36)24-45)39-14-15-48(51)56-28-39)50(32(5)66(60,61)57-44-20-35-10-9-34(18-40(35)21-44)43-26-53-29-54-27-43)59(68(64,65)31(3)4)46-23-37-12-13-38(19-42(37)25-46)47-7-6-16-55-49(47)52/h6-19,26-32,44-46,50,57H,20-25H2,1-5H3. The molecular weight excluding hydrogens is 929 g/mol. The van der Waals surface area contributed by atoms with Gasteiger partial charge in [0.25, 0.3) is 0 Å². The minimum Gasteiger partial charge on any atom is -0.244 e. The molecule has 356 valence electrons. The third kappa shape index (κ3) is 9.13. The van der Waals surface area contributed by atoms with Crippen LogP contribution in [0.1, 0.15) is 68.0 Å². The number of nitrogens with zero attached hydrogens (tertiary/aromatic N) is 6. The zero-order chi connectivity index (χ0) is 48.3. The average Bonchev–Trinajstić information content (AvgIpc) is 4.04. The maximum Gasteiger partial charge on any atom is 0.220 e. The molecule has 3 aromatic carbocycles. The number of aromatic nitrogens is 4. The second-order valence-corrected chi connectivity index (χ2v) is 25.5. The minimum absolute atomic E-state index is 0.107. The fourth-order valence-corrected chi connectivity index (χ4v) is 15.0. The first-order valence-corrected chi connectivity index (χ1v) is 27.3. The van der Waals surface area contributed by atoms with Crippen molar-refractivity contribution in [1.82, 2.24) is 33.3 Å². The van der Waals surface area contributed by atoms with Gasteiger partial charge in [-0.05, 0) is 147 Å². The first-order valence-electron chi connectivity index (χ1n) is 22.7. The molecule has 5 atom stereocenters. The molecule has 1 N–H and O–H groups in total. The molecule has 6 aromatic rings. The number of sulfonamides is 3. The minimum atomic E-state index is -4.54. The van der Waals surface area contributed by atoms with Gasteiger partial charge in [-0.1, -0.05) is 54.6 Å². The summed E-state index contributed by atoms with van der Waals surface area (Å²) in [5.74, 6) is -1.30. The highest BCUT2D eigenvalue weighted by atomic mass is 32.2. The van der Waals surface area contributed by atoms with Crippen LogP contribution in [0.5, 0.6) is 0 Å². The van der Waals surface area contributed by atoms with Gasteiger partial charge in [0.15, 0.2) is 0 Å². The zero-order valence-corrected chi connectivity index (χ0v) is 40.7. The molecule has 0 amide bonds. The Morgan fingerprint density at radius 3 is 1.59 bits per heavy atom. The lowest BCUT2D eigenvalue weighted by atomic mass is 10.0. The molecule has 0 aliphatic heterocycles. The normalized spacial score (nSPS) is 19.1. The predicted molar refractivity (Wildman–Crippen MR) is 257 cm³/mol. The molecule has 0 spiro atoms. The number of pyridine rings is 2. The molecule has 3 aliphatic rings. The smallest absolute Gasteiger partial charge is 0.220 e. The van der Waals surface area contributed by atoms with E-state index < -0.39 is 82.0 Å². The summed E-state index contributed by atoms with van der Waals surface area (Å²) in [6, 6.07) is 20.5. The second-order valence-electron chi connectivity index (χ2n) is 18.6. The van der Waals surface area contributed by atoms with Crippen LogP contribution in [0.25, 0.3) is 33.4 Å². The Bertz CT molecular complexity index is 3220. The maximum absolute atomic E-state index is 15.3. The predicted octanol–water partition coefficient (Wildman–Crippen LogP) is 7.06. The first-order chi connectivity index (χ1) is 32.3. The van der Waals surface area contributed by atoms with Gasteiger partial charge in [0.05, 0.1) is 10.5 Å². The Hall–Kier alpha value is -5.37. The Kier molecular flexibility index (Phi) is 13.0. The van der Waals surface area contributed by atoms with Gasteiger partial charge in [-0.15, -0.1) is 0 Å². The van der Waals surface area contributed by atoms with E-state index in [0.717, 1.165) is 50.1 Å². The molecular formula is C50H53F2N7O6S3. The van der Waals surface area contributed by atoms with E-state index >= 15 is 25.3 Å². The van der Waals surface area contributed by atoms with E-state index in [1.54, 1.807) is 42.7 Å². The van der Waals surface area contributed by atoms with Crippen molar-refractivity contribution >= 4 is 30.1 Å². The fourth-order valence-electron chi connectivity index (χ4n) is 10.0. The van der Waals surface area contributed by atoms with Crippen LogP contribution in [0.15, 0.2) is 110 Å². The molecule has 0 bridgehead atoms. The van der Waals surface area contributed by atoms with Crippen LogP contribution in [0.4, 0.5) is 8.78 Å². The number of rotatable bonds is 15. The van der Waals surface area contributed by atoms with E-state index in [1.807, 2.05) is 42.5 Å². The lowest BCUT2D eigenvalue weighted by molar-refractivity contribution is 0.112. The van der Waals surface area contributed by atoms with E-state index in [9.17, 15) is 8.78 Å². The van der Waals surface area contributed by atoms with Crippen LogP contribution < -0.4 is 4.72 Å². The van der Waals surface area contributed by atoms with Crippen molar-refractivity contribution in [2.45, 2.75) is 113 Å². The van der Waals surface area contributed by atoms with Crippen molar-refractivity contribution in [3.63, 3.8) is 0 Å². The number of halogens is 2. The fraction of sp³-hybridized carbons (Fsp3) is 0.360. The van der Waals surface area contributed by atoms with E-state index in [0.29, 0.717) is 24.0 Å². The molecule has 3 aliphatic carbocycles. The third-order valence-corrected chi connectivity index (χ3v) is 20.1. The van der Waals surface area contributed by atoms with Gasteiger partial charge in [-0.2, -0.15) is 17.4 Å². The lowest BCUT2D eigenvalue weighted by Gasteiger charge is -2.46. The summed E-state index contributed by atoms with van der Waals surface area (Å²) in [7, 11) is -13.5. The number of nitrogens with one attached hydrogen (secondary N) is 1. The van der Waals surface area contributed by atoms with Crippen molar-refractivity contribution in [1.29, 1.82) is 0 Å². The molecule has 0 fully saturated rings. The highest BCUT2D eigenvalue weighted by Crippen LogP contribution is 2.40. The van der Waals surface area contributed by atoms with E-state index in [4.69, 9.17) is 0 Å². The van der Waals surface area contributed by atoms with Crippen molar-refractivity contribution in [3.8, 4) is 33.4 Å². The largest absolute Gasteiger partial charge is 0.244 e. The highest BCUT2D eigenvalue weighted by molar-refractivity contribution is 7.91. The molecule has 0 radical (unpaired) electrons. The van der Waals surface area contributed by atoms with Gasteiger partial charge in [0.1, 0.15) is 17.7 Å². The van der Waals surface area contributed by atoms with Gasteiger partial charge >= 0.3 is 0 Å². The number of benzene rings is 3. The van der Waals surface area contributed by atoms with Crippen molar-refractivity contribution in [3.05, 3.63) is 155 Å². The lowest BCUT2D eigenvalue weighted by Crippen LogP contribution is -2.67. The molecule has 3 aromatic heterocycles. The molecule has 13 nitrogen and oxygen atoms in total. The van der Waals surface area contributed by atoms with E-state index in [-0.39, 0.29) is 31.2 Å². The Morgan fingerprint density at radius 2 is 1.04 bits per heavy atom. The van der Waals surface area contributed by atoms with Gasteiger partial charge in [-0.25, -0.2) is 49.9 Å². The molecule has 0 saturated carbocycles. The molecule has 5 unspecified atom stereocenters. The van der Waals surface area contributed by atoms with Crippen molar-refractivity contribution in [2.24, 2.45) is 0 Å². The van der Waals surface area contributed by atoms with E-state index in [2.05, 4.69) is 24.7 Å². The van der Waals surface area contributed by atoms with Crippen LogP contribution in [0.3, 0.4) is 0 Å². The molecule has 0 saturated heterocycles. The molecule has 9 rings (SSSR count). The number of hydrogen-bond donors (Lipinski definition) is 1. The van der Waals surface area contributed by atoms with Gasteiger partial charge < -0.3 is 0 Å². The Morgan fingerprint density at radius 1 is 0.559 bits per heavy atom. The van der Waals surface area contributed by atoms with Gasteiger partial charge in [0.2, 0.25) is 42.0 Å². The van der Waals surface area contributed by atoms with Crippen molar-refractivity contribution in [2.75, 3.05) is 0 Å². The highest BCUT2D eigenvalue weighted by Gasteiger charge is 2.54. The van der Waals surface area contributed by atoms with Crippen molar-refractivity contribution < 1.29 is 34.0 Å². The molecule has 68 heavy (non-hydrogen) atoms. The van der Waals surface area contributed by atoms with Gasteiger partial charge in [-0.3, -0.25) is 0 Å². The van der Waals surface area contributed by atoms with Crippen LogP contribution in [-0.2, 0) is 68.6 Å². The summed E-state index contributed by atoms with van der Waals surface area (Å²) in [4.78, 5) is 15.9. The summed E-state index contributed by atoms with van der Waals surface area (Å²) >= 11 is 0. The summed E-state index contributed by atoms with van der Waals surface area (Å²) < 4.78 is 126. The average molecular weight is 982 g/mol. The monoisotopic (exact) mass is 981 g/mol. The molecule has 18 heteroatoms. The van der Waals surface area contributed by atoms with Crippen LogP contribution in [0.2, 0.25) is 0 Å². The third-order valence-electron chi connectivity index (χ3n) is 13.7. The summed E-state index contributed by atoms with van der Waals surface area (Å²) in [5.41, 5.74) is 8.86. The topological polar surface area (TPSA) is 172 Å². The summed E-state index contributed by atoms with van der Waals surface area (Å²) in [6.45, 7) is 7.44. The zero-order valence-electron chi connectivity index (χ0n) is 38.3. The SMILES string of the molecule is CC(C(N(C1Cc2ccc(-c3ccc(F)nc3)cc2C1)S(=O)(=O)C(C)C)N(C1Cc2ccc(-c3cccnc3F)cc2C1)S(=O)(=O)C(C)C)S(=O)(=O)NC1Cc2ccc(-c3cncnc3)cc2C1. The number of hydrogen-bond acceptors (Lipinski definition) is 10. The second kappa shape index (κ2) is 18.5. The summed E-state index contributed by atoms with van der Waals surface area (Å²) in [6.07, 6.45) is 7.14.